The first-order chi connectivity index (χ1) is 5.85. The first-order valence-electron chi connectivity index (χ1n) is 4.74. The first-order valence-corrected chi connectivity index (χ1v) is 4.74. The van der Waals surface area contributed by atoms with Crippen molar-refractivity contribution >= 4 is 0 Å². The highest BCUT2D eigenvalue weighted by Crippen LogP contribution is 2.07. The average Bonchev–Trinajstić information content (AvgIpc) is 2.11. The van der Waals surface area contributed by atoms with Gasteiger partial charge < -0.3 is 9.47 Å². The minimum atomic E-state index is 0.333. The van der Waals surface area contributed by atoms with Crippen molar-refractivity contribution in [1.82, 2.24) is 0 Å². The maximum atomic E-state index is 5.55. The van der Waals surface area contributed by atoms with Crippen LogP contribution in [0.15, 0.2) is 0 Å². The molecule has 0 bridgehead atoms. The fourth-order valence-electron chi connectivity index (χ4n) is 1.04. The standard InChI is InChI=1S/C10H21O2/c1-4-6-7-10(5-2)12-9-8-11-3/h10H,2,4-9H2,1,3H3. The predicted octanol–water partition coefficient (Wildman–Crippen LogP) is 2.43. The Labute approximate surface area is 76.3 Å². The molecular weight excluding hydrogens is 152 g/mol. The van der Waals surface area contributed by atoms with Crippen LogP contribution in [0.1, 0.15) is 32.6 Å². The molecule has 0 aliphatic rings. The zero-order chi connectivity index (χ0) is 9.23. The smallest absolute Gasteiger partial charge is 0.0704 e. The molecule has 2 heteroatoms. The lowest BCUT2D eigenvalue weighted by Gasteiger charge is -2.14. The van der Waals surface area contributed by atoms with Crippen LogP contribution in [0.2, 0.25) is 0 Å². The molecule has 0 aliphatic heterocycles. The van der Waals surface area contributed by atoms with E-state index in [1.54, 1.807) is 7.11 Å². The van der Waals surface area contributed by atoms with Crippen LogP contribution in [0.25, 0.3) is 0 Å². The van der Waals surface area contributed by atoms with Gasteiger partial charge in [-0.25, -0.2) is 0 Å². The maximum absolute atomic E-state index is 5.55. The summed E-state index contributed by atoms with van der Waals surface area (Å²) >= 11 is 0. The van der Waals surface area contributed by atoms with Gasteiger partial charge >= 0.3 is 0 Å². The summed E-state index contributed by atoms with van der Waals surface area (Å²) in [5.74, 6) is 0. The third kappa shape index (κ3) is 6.62. The van der Waals surface area contributed by atoms with Gasteiger partial charge in [0, 0.05) is 7.11 Å². The molecule has 73 valence electrons. The quantitative estimate of drug-likeness (QED) is 0.525. The van der Waals surface area contributed by atoms with Crippen LogP contribution in [-0.2, 0) is 9.47 Å². The van der Waals surface area contributed by atoms with Gasteiger partial charge in [0.25, 0.3) is 0 Å². The van der Waals surface area contributed by atoms with Gasteiger partial charge in [-0.1, -0.05) is 26.7 Å². The fourth-order valence-corrected chi connectivity index (χ4v) is 1.04. The minimum Gasteiger partial charge on any atom is -0.382 e. The van der Waals surface area contributed by atoms with E-state index in [4.69, 9.17) is 9.47 Å². The maximum Gasteiger partial charge on any atom is 0.0704 e. The number of rotatable bonds is 8. The van der Waals surface area contributed by atoms with Crippen LogP contribution in [-0.4, -0.2) is 26.4 Å². The van der Waals surface area contributed by atoms with Gasteiger partial charge in [-0.2, -0.15) is 0 Å². The first kappa shape index (κ1) is 11.9. The van der Waals surface area contributed by atoms with Crippen molar-refractivity contribution in [3.63, 3.8) is 0 Å². The van der Waals surface area contributed by atoms with E-state index in [2.05, 4.69) is 13.8 Å². The van der Waals surface area contributed by atoms with Crippen molar-refractivity contribution < 1.29 is 9.47 Å². The SMILES string of the molecule is [CH2]CC(CCCC)OCCOC. The second-order valence-corrected chi connectivity index (χ2v) is 2.92. The number of hydrogen-bond donors (Lipinski definition) is 0. The Morgan fingerprint density at radius 1 is 1.33 bits per heavy atom. The summed E-state index contributed by atoms with van der Waals surface area (Å²) in [5, 5.41) is 0. The molecule has 0 heterocycles. The van der Waals surface area contributed by atoms with Gasteiger partial charge in [-0.05, 0) is 12.8 Å². The van der Waals surface area contributed by atoms with Gasteiger partial charge in [0.1, 0.15) is 0 Å². The Morgan fingerprint density at radius 3 is 2.58 bits per heavy atom. The van der Waals surface area contributed by atoms with Crippen molar-refractivity contribution in [2.75, 3.05) is 20.3 Å². The third-order valence-corrected chi connectivity index (χ3v) is 1.84. The molecule has 0 saturated heterocycles. The van der Waals surface area contributed by atoms with Crippen molar-refractivity contribution in [2.24, 2.45) is 0 Å². The molecule has 0 rings (SSSR count). The van der Waals surface area contributed by atoms with Crippen LogP contribution in [0.3, 0.4) is 0 Å². The molecule has 0 amide bonds. The molecule has 1 radical (unpaired) electrons. The highest BCUT2D eigenvalue weighted by Gasteiger charge is 2.04. The van der Waals surface area contributed by atoms with Crippen LogP contribution >= 0.6 is 0 Å². The minimum absolute atomic E-state index is 0.333. The van der Waals surface area contributed by atoms with E-state index in [9.17, 15) is 0 Å². The zero-order valence-corrected chi connectivity index (χ0v) is 8.34. The summed E-state index contributed by atoms with van der Waals surface area (Å²) < 4.78 is 10.4. The van der Waals surface area contributed by atoms with E-state index in [0.29, 0.717) is 19.3 Å². The molecule has 0 fully saturated rings. The summed E-state index contributed by atoms with van der Waals surface area (Å²) in [6.07, 6.45) is 4.78. The molecule has 1 unspecified atom stereocenters. The van der Waals surface area contributed by atoms with Crippen molar-refractivity contribution in [3.8, 4) is 0 Å². The highest BCUT2D eigenvalue weighted by molar-refractivity contribution is 4.59. The van der Waals surface area contributed by atoms with Crippen LogP contribution in [0.4, 0.5) is 0 Å². The summed E-state index contributed by atoms with van der Waals surface area (Å²) in [5.41, 5.74) is 0. The Morgan fingerprint density at radius 2 is 2.08 bits per heavy atom. The average molecular weight is 173 g/mol. The summed E-state index contributed by atoms with van der Waals surface area (Å²) in [4.78, 5) is 0. The molecule has 0 spiro atoms. The second kappa shape index (κ2) is 9.01. The Hall–Kier alpha value is -0.0800. The molecule has 0 N–H and O–H groups in total. The molecule has 0 aliphatic carbocycles. The molecule has 0 aromatic heterocycles. The molecule has 1 atom stereocenters. The summed E-state index contributed by atoms with van der Waals surface area (Å²) in [7, 11) is 1.69. The second-order valence-electron chi connectivity index (χ2n) is 2.92. The van der Waals surface area contributed by atoms with Crippen molar-refractivity contribution in [1.29, 1.82) is 0 Å². The van der Waals surface area contributed by atoms with E-state index in [-0.39, 0.29) is 0 Å². The van der Waals surface area contributed by atoms with Gasteiger partial charge in [-0.15, -0.1) is 0 Å². The predicted molar refractivity (Wildman–Crippen MR) is 51.1 cm³/mol. The molecule has 0 aromatic rings. The zero-order valence-electron chi connectivity index (χ0n) is 8.34. The molecule has 0 saturated carbocycles. The van der Waals surface area contributed by atoms with E-state index >= 15 is 0 Å². The number of ether oxygens (including phenoxy) is 2. The molecular formula is C10H21O2. The lowest BCUT2D eigenvalue weighted by atomic mass is 10.1. The van der Waals surface area contributed by atoms with Crippen molar-refractivity contribution in [3.05, 3.63) is 6.92 Å². The molecule has 2 nitrogen and oxygen atoms in total. The van der Waals surface area contributed by atoms with E-state index in [1.165, 1.54) is 12.8 Å². The summed E-state index contributed by atoms with van der Waals surface area (Å²) in [6.45, 7) is 7.42. The summed E-state index contributed by atoms with van der Waals surface area (Å²) in [6, 6.07) is 0. The third-order valence-electron chi connectivity index (χ3n) is 1.84. The van der Waals surface area contributed by atoms with E-state index in [1.807, 2.05) is 0 Å². The van der Waals surface area contributed by atoms with E-state index < -0.39 is 0 Å². The Balaban J connectivity index is 3.26. The Kier molecular flexibility index (Phi) is 8.95. The molecule has 12 heavy (non-hydrogen) atoms. The number of unbranched alkanes of at least 4 members (excludes halogenated alkanes) is 1. The highest BCUT2D eigenvalue weighted by atomic mass is 16.5. The van der Waals surface area contributed by atoms with E-state index in [0.717, 1.165) is 12.8 Å². The van der Waals surface area contributed by atoms with Crippen LogP contribution in [0, 0.1) is 6.92 Å². The van der Waals surface area contributed by atoms with Crippen LogP contribution < -0.4 is 0 Å². The lowest BCUT2D eigenvalue weighted by molar-refractivity contribution is 0.0135. The van der Waals surface area contributed by atoms with Crippen molar-refractivity contribution in [2.45, 2.75) is 38.7 Å². The van der Waals surface area contributed by atoms with Crippen LogP contribution in [0.5, 0.6) is 0 Å². The topological polar surface area (TPSA) is 18.5 Å². The normalized spacial score (nSPS) is 13.2. The number of hydrogen-bond acceptors (Lipinski definition) is 2. The monoisotopic (exact) mass is 173 g/mol. The largest absolute Gasteiger partial charge is 0.382 e. The van der Waals surface area contributed by atoms with Gasteiger partial charge in [0.15, 0.2) is 0 Å². The van der Waals surface area contributed by atoms with Gasteiger partial charge in [0.05, 0.1) is 19.3 Å². The fraction of sp³-hybridized carbons (Fsp3) is 0.900. The number of methoxy groups -OCH3 is 1. The lowest BCUT2D eigenvalue weighted by Crippen LogP contribution is -2.14. The van der Waals surface area contributed by atoms with Gasteiger partial charge in [-0.3, -0.25) is 0 Å². The molecule has 0 aromatic carbocycles. The Bertz CT molecular complexity index is 83.9. The van der Waals surface area contributed by atoms with Gasteiger partial charge in [0.2, 0.25) is 0 Å².